The molecule has 0 saturated carbocycles. The standard InChI is InChI=1S/C3H7IN2O2/c1-6-2(4)3(7)8-5-6/h2-3,5,7H,1H3. The van der Waals surface area contributed by atoms with E-state index in [4.69, 9.17) is 5.11 Å². The van der Waals surface area contributed by atoms with E-state index in [-0.39, 0.29) is 4.05 Å². The summed E-state index contributed by atoms with van der Waals surface area (Å²) in [7, 11) is 1.80. The van der Waals surface area contributed by atoms with Gasteiger partial charge in [0.1, 0.15) is 4.05 Å². The zero-order valence-electron chi connectivity index (χ0n) is 4.34. The van der Waals surface area contributed by atoms with Gasteiger partial charge < -0.3 is 5.11 Å². The van der Waals surface area contributed by atoms with Crippen molar-refractivity contribution in [1.82, 2.24) is 10.6 Å². The molecule has 0 aliphatic carbocycles. The van der Waals surface area contributed by atoms with Gasteiger partial charge in [-0.15, -0.1) is 5.59 Å². The second-order valence-electron chi connectivity index (χ2n) is 1.58. The number of aliphatic hydroxyl groups is 1. The lowest BCUT2D eigenvalue weighted by Gasteiger charge is -2.08. The molecule has 2 atom stereocenters. The van der Waals surface area contributed by atoms with Crippen molar-refractivity contribution in [3.8, 4) is 0 Å². The van der Waals surface area contributed by atoms with Gasteiger partial charge in [-0.1, -0.05) is 22.6 Å². The number of nitrogens with one attached hydrogen (secondary N) is 1. The molecule has 2 unspecified atom stereocenters. The fraction of sp³-hybridized carbons (Fsp3) is 1.00. The molecule has 0 radical (unpaired) electrons. The van der Waals surface area contributed by atoms with Crippen LogP contribution in [0.4, 0.5) is 0 Å². The van der Waals surface area contributed by atoms with Gasteiger partial charge in [0.05, 0.1) is 0 Å². The van der Waals surface area contributed by atoms with Crippen LogP contribution in [-0.4, -0.2) is 27.5 Å². The molecule has 0 aromatic carbocycles. The first-order valence-electron chi connectivity index (χ1n) is 2.18. The number of alkyl halides is 1. The summed E-state index contributed by atoms with van der Waals surface area (Å²) in [5.41, 5.74) is 2.49. The van der Waals surface area contributed by atoms with Crippen LogP contribution in [-0.2, 0) is 4.84 Å². The molecule has 0 aromatic rings. The Bertz CT molecular complexity index is 81.4. The van der Waals surface area contributed by atoms with E-state index in [1.54, 1.807) is 12.1 Å². The van der Waals surface area contributed by atoms with Crippen LogP contribution in [0.1, 0.15) is 0 Å². The summed E-state index contributed by atoms with van der Waals surface area (Å²) in [6.45, 7) is 0. The molecule has 0 spiro atoms. The molecule has 48 valence electrons. The molecular formula is C3H7IN2O2. The van der Waals surface area contributed by atoms with E-state index in [1.165, 1.54) is 0 Å². The van der Waals surface area contributed by atoms with E-state index in [0.717, 1.165) is 0 Å². The van der Waals surface area contributed by atoms with Crippen LogP contribution in [0.5, 0.6) is 0 Å². The summed E-state index contributed by atoms with van der Waals surface area (Å²) >= 11 is 2.07. The number of aliphatic hydroxyl groups excluding tert-OH is 1. The maximum atomic E-state index is 8.83. The molecule has 2 N–H and O–H groups in total. The number of rotatable bonds is 0. The first-order chi connectivity index (χ1) is 3.72. The Morgan fingerprint density at radius 1 is 1.88 bits per heavy atom. The van der Waals surface area contributed by atoms with Crippen molar-refractivity contribution in [2.45, 2.75) is 10.3 Å². The first kappa shape index (κ1) is 6.69. The number of hydrogen-bond acceptors (Lipinski definition) is 4. The number of likely N-dealkylation sites (N-methyl/N-ethyl adjacent to an activating group) is 1. The number of halogens is 1. The van der Waals surface area contributed by atoms with Gasteiger partial charge in [-0.2, -0.15) is 0 Å². The van der Waals surface area contributed by atoms with E-state index in [2.05, 4.69) is 33.0 Å². The lowest BCUT2D eigenvalue weighted by atomic mass is 10.6. The van der Waals surface area contributed by atoms with Crippen LogP contribution in [0, 0.1) is 0 Å². The lowest BCUT2D eigenvalue weighted by Crippen LogP contribution is -2.30. The third-order valence-electron chi connectivity index (χ3n) is 0.923. The number of hydrazine groups is 1. The average molecular weight is 230 g/mol. The normalized spacial score (nSPS) is 40.9. The average Bonchev–Trinajstić information content (AvgIpc) is 1.98. The van der Waals surface area contributed by atoms with E-state index in [1.807, 2.05) is 0 Å². The van der Waals surface area contributed by atoms with E-state index >= 15 is 0 Å². The second kappa shape index (κ2) is 2.44. The minimum Gasteiger partial charge on any atom is -0.365 e. The zero-order valence-corrected chi connectivity index (χ0v) is 6.49. The smallest absolute Gasteiger partial charge is 0.202 e. The Balaban J connectivity index is 2.44. The summed E-state index contributed by atoms with van der Waals surface area (Å²) in [5, 5.41) is 10.5. The summed E-state index contributed by atoms with van der Waals surface area (Å²) < 4.78 is 0.00704. The topological polar surface area (TPSA) is 44.7 Å². The molecule has 1 aliphatic heterocycles. The van der Waals surface area contributed by atoms with Crippen LogP contribution in [0.15, 0.2) is 0 Å². The molecule has 1 aliphatic rings. The van der Waals surface area contributed by atoms with Crippen molar-refractivity contribution in [2.75, 3.05) is 7.05 Å². The van der Waals surface area contributed by atoms with Gasteiger partial charge in [0, 0.05) is 7.05 Å². The Morgan fingerprint density at radius 3 is 2.62 bits per heavy atom. The predicted molar refractivity (Wildman–Crippen MR) is 35.8 cm³/mol. The minimum atomic E-state index is -0.708. The van der Waals surface area contributed by atoms with Crippen molar-refractivity contribution in [3.05, 3.63) is 0 Å². The third kappa shape index (κ3) is 1.11. The molecule has 8 heavy (non-hydrogen) atoms. The number of hydrogen-bond donors (Lipinski definition) is 2. The van der Waals surface area contributed by atoms with Crippen LogP contribution in [0.3, 0.4) is 0 Å². The molecule has 1 rings (SSSR count). The molecule has 5 heteroatoms. The molecule has 4 nitrogen and oxygen atoms in total. The minimum absolute atomic E-state index is 0.00704. The Morgan fingerprint density at radius 2 is 2.50 bits per heavy atom. The van der Waals surface area contributed by atoms with Crippen LogP contribution < -0.4 is 5.59 Å². The largest absolute Gasteiger partial charge is 0.365 e. The highest BCUT2D eigenvalue weighted by Gasteiger charge is 2.28. The van der Waals surface area contributed by atoms with Crippen LogP contribution in [0.2, 0.25) is 0 Å². The Kier molecular flexibility index (Phi) is 2.04. The molecule has 0 amide bonds. The maximum Gasteiger partial charge on any atom is 0.202 e. The van der Waals surface area contributed by atoms with Gasteiger partial charge in [-0.3, -0.25) is 4.84 Å². The van der Waals surface area contributed by atoms with E-state index < -0.39 is 6.29 Å². The first-order valence-corrected chi connectivity index (χ1v) is 3.42. The summed E-state index contributed by atoms with van der Waals surface area (Å²) in [5.74, 6) is 0. The molecule has 0 aromatic heterocycles. The Hall–Kier alpha value is 0.570. The predicted octanol–water partition coefficient (Wildman–Crippen LogP) is -0.552. The van der Waals surface area contributed by atoms with Crippen molar-refractivity contribution >= 4 is 22.6 Å². The molecule has 1 fully saturated rings. The van der Waals surface area contributed by atoms with Crippen molar-refractivity contribution in [1.29, 1.82) is 0 Å². The van der Waals surface area contributed by atoms with Gasteiger partial charge in [0.2, 0.25) is 6.29 Å². The van der Waals surface area contributed by atoms with E-state index in [0.29, 0.717) is 0 Å². The van der Waals surface area contributed by atoms with Crippen molar-refractivity contribution in [3.63, 3.8) is 0 Å². The lowest BCUT2D eigenvalue weighted by molar-refractivity contribution is -0.109. The molecule has 1 saturated heterocycles. The Labute approximate surface area is 60.9 Å². The summed E-state index contributed by atoms with van der Waals surface area (Å²) in [6.07, 6.45) is -0.708. The highest BCUT2D eigenvalue weighted by molar-refractivity contribution is 14.1. The maximum absolute atomic E-state index is 8.83. The van der Waals surface area contributed by atoms with Gasteiger partial charge in [0.25, 0.3) is 0 Å². The van der Waals surface area contributed by atoms with Crippen LogP contribution >= 0.6 is 22.6 Å². The van der Waals surface area contributed by atoms with Crippen molar-refractivity contribution in [2.24, 2.45) is 0 Å². The SMILES string of the molecule is CN1NOC(O)C1I. The van der Waals surface area contributed by atoms with Crippen molar-refractivity contribution < 1.29 is 9.94 Å². The zero-order chi connectivity index (χ0) is 6.15. The highest BCUT2D eigenvalue weighted by atomic mass is 127. The number of nitrogens with zero attached hydrogens (tertiary/aromatic N) is 1. The molecule has 1 heterocycles. The van der Waals surface area contributed by atoms with E-state index in [9.17, 15) is 0 Å². The van der Waals surface area contributed by atoms with Gasteiger partial charge >= 0.3 is 0 Å². The van der Waals surface area contributed by atoms with Crippen LogP contribution in [0.25, 0.3) is 0 Å². The molecular weight excluding hydrogens is 223 g/mol. The monoisotopic (exact) mass is 230 g/mol. The third-order valence-corrected chi connectivity index (χ3v) is 2.37. The summed E-state index contributed by atoms with van der Waals surface area (Å²) in [6, 6.07) is 0. The fourth-order valence-corrected chi connectivity index (χ4v) is 0.695. The van der Waals surface area contributed by atoms with Gasteiger partial charge in [-0.25, -0.2) is 5.01 Å². The van der Waals surface area contributed by atoms with Gasteiger partial charge in [0.15, 0.2) is 0 Å². The van der Waals surface area contributed by atoms with Gasteiger partial charge in [-0.05, 0) is 0 Å². The fourth-order valence-electron chi connectivity index (χ4n) is 0.435. The summed E-state index contributed by atoms with van der Waals surface area (Å²) in [4.78, 5) is 4.60. The highest BCUT2D eigenvalue weighted by Crippen LogP contribution is 2.14. The second-order valence-corrected chi connectivity index (χ2v) is 2.86. The molecule has 0 bridgehead atoms. The quantitative estimate of drug-likeness (QED) is 0.333.